The molecule has 0 N–H and O–H groups in total. The number of hydrogen-bond donors (Lipinski definition) is 0. The van der Waals surface area contributed by atoms with Gasteiger partial charge in [-0.3, -0.25) is 14.5 Å². The van der Waals surface area contributed by atoms with Crippen LogP contribution in [0, 0.1) is 6.92 Å². The fourth-order valence-electron chi connectivity index (χ4n) is 6.13. The molecule has 4 heterocycles. The summed E-state index contributed by atoms with van der Waals surface area (Å²) in [5.74, 6) is 3.35. The molecule has 0 unspecified atom stereocenters. The molecule has 3 atom stereocenters. The van der Waals surface area contributed by atoms with Gasteiger partial charge in [0.2, 0.25) is 5.91 Å². The molecule has 10 heteroatoms. The first-order chi connectivity index (χ1) is 20.0. The number of ether oxygens (including phenoxy) is 1. The van der Waals surface area contributed by atoms with E-state index in [4.69, 9.17) is 9.84 Å². The summed E-state index contributed by atoms with van der Waals surface area (Å²) in [6.45, 7) is 8.54. The van der Waals surface area contributed by atoms with Crippen LogP contribution in [0.2, 0.25) is 0 Å². The predicted molar refractivity (Wildman–Crippen MR) is 162 cm³/mol. The van der Waals surface area contributed by atoms with E-state index >= 15 is 0 Å². The molecule has 0 saturated carbocycles. The lowest BCUT2D eigenvalue weighted by Gasteiger charge is -2.38. The van der Waals surface area contributed by atoms with Crippen molar-refractivity contribution in [1.82, 2.24) is 24.5 Å². The Hall–Kier alpha value is -3.50. The monoisotopic (exact) mass is 574 g/mol. The van der Waals surface area contributed by atoms with Gasteiger partial charge in [0.1, 0.15) is 17.6 Å². The molecule has 3 fully saturated rings. The van der Waals surface area contributed by atoms with Crippen LogP contribution in [-0.2, 0) is 9.59 Å². The summed E-state index contributed by atoms with van der Waals surface area (Å²) in [5, 5.41) is 4.76. The Morgan fingerprint density at radius 2 is 1.68 bits per heavy atom. The van der Waals surface area contributed by atoms with Gasteiger partial charge in [0, 0.05) is 57.1 Å². The molecule has 0 spiro atoms. The number of piperazine rings is 1. The number of amides is 2. The molecule has 1 aromatic heterocycles. The zero-order valence-electron chi connectivity index (χ0n) is 23.8. The number of benzene rings is 2. The van der Waals surface area contributed by atoms with Gasteiger partial charge in [-0.25, -0.2) is 4.68 Å². The van der Waals surface area contributed by atoms with Crippen molar-refractivity contribution in [2.75, 3.05) is 55.8 Å². The molecule has 2 amide bonds. The fraction of sp³-hybridized carbons (Fsp3) is 0.452. The molecule has 0 aliphatic carbocycles. The van der Waals surface area contributed by atoms with E-state index in [1.165, 1.54) is 0 Å². The molecular weight excluding hydrogens is 536 g/mol. The van der Waals surface area contributed by atoms with Crippen molar-refractivity contribution in [3.63, 3.8) is 0 Å². The maximum Gasteiger partial charge on any atom is 0.264 e. The van der Waals surface area contributed by atoms with Gasteiger partial charge < -0.3 is 19.4 Å². The lowest BCUT2D eigenvalue weighted by atomic mass is 10.1. The first kappa shape index (κ1) is 27.7. The molecule has 216 valence electrons. The highest BCUT2D eigenvalue weighted by molar-refractivity contribution is 7.99. The van der Waals surface area contributed by atoms with Gasteiger partial charge in [0.15, 0.2) is 6.10 Å². The number of para-hydroxylation sites is 2. The molecule has 9 nitrogen and oxygen atoms in total. The number of anilines is 1. The van der Waals surface area contributed by atoms with Crippen LogP contribution in [-0.4, -0.2) is 105 Å². The van der Waals surface area contributed by atoms with Crippen molar-refractivity contribution < 1.29 is 14.3 Å². The zero-order valence-corrected chi connectivity index (χ0v) is 24.6. The van der Waals surface area contributed by atoms with E-state index in [1.54, 1.807) is 23.6 Å². The van der Waals surface area contributed by atoms with Crippen molar-refractivity contribution in [2.45, 2.75) is 38.5 Å². The highest BCUT2D eigenvalue weighted by atomic mass is 32.2. The van der Waals surface area contributed by atoms with E-state index in [-0.39, 0.29) is 17.9 Å². The minimum Gasteiger partial charge on any atom is -0.481 e. The largest absolute Gasteiger partial charge is 0.481 e. The Kier molecular flexibility index (Phi) is 8.20. The third-order valence-corrected chi connectivity index (χ3v) is 9.25. The van der Waals surface area contributed by atoms with Crippen LogP contribution in [0.3, 0.4) is 0 Å². The number of hydrogen-bond acceptors (Lipinski definition) is 7. The zero-order chi connectivity index (χ0) is 28.3. The molecule has 3 aromatic rings. The van der Waals surface area contributed by atoms with Crippen LogP contribution < -0.4 is 9.64 Å². The molecule has 6 rings (SSSR count). The predicted octanol–water partition coefficient (Wildman–Crippen LogP) is 3.27. The summed E-state index contributed by atoms with van der Waals surface area (Å²) in [4.78, 5) is 35.9. The van der Waals surface area contributed by atoms with E-state index in [9.17, 15) is 9.59 Å². The summed E-state index contributed by atoms with van der Waals surface area (Å²) >= 11 is 1.77. The maximum absolute atomic E-state index is 13.7. The number of aryl methyl sites for hydroxylation is 1. The van der Waals surface area contributed by atoms with Gasteiger partial charge in [-0.05, 0) is 44.5 Å². The molecule has 3 aliphatic heterocycles. The van der Waals surface area contributed by atoms with Crippen LogP contribution in [0.15, 0.2) is 66.7 Å². The molecule has 3 aliphatic rings. The number of aromatic nitrogens is 2. The number of carbonyl (C=O) groups excluding carboxylic acids is 2. The van der Waals surface area contributed by atoms with E-state index in [2.05, 4.69) is 28.0 Å². The number of likely N-dealkylation sites (tertiary alicyclic amines) is 1. The Balaban J connectivity index is 1.15. The van der Waals surface area contributed by atoms with Crippen molar-refractivity contribution in [3.05, 3.63) is 72.4 Å². The minimum absolute atomic E-state index is 0.0682. The van der Waals surface area contributed by atoms with Gasteiger partial charge in [0.05, 0.1) is 17.3 Å². The van der Waals surface area contributed by atoms with Crippen molar-refractivity contribution in [1.29, 1.82) is 0 Å². The number of carbonyl (C=O) groups is 2. The normalized spacial score (nSPS) is 22.2. The van der Waals surface area contributed by atoms with Gasteiger partial charge >= 0.3 is 0 Å². The standard InChI is InChI=1S/C31H38N6O3S/c1-23-19-29(37(32-23)25-9-5-3-6-10-25)34-15-13-33(14-16-34)26-20-28(31(39)35-17-18-41-22-35)36(21-26)30(38)24(2)40-27-11-7-4-8-12-27/h3-12,19,24,26,28H,13-18,20-22H2,1-2H3/t24-,26+,28+/m1/s1. The molecule has 41 heavy (non-hydrogen) atoms. The summed E-state index contributed by atoms with van der Waals surface area (Å²) in [6.07, 6.45) is -0.0111. The number of thioether (sulfide) groups is 1. The van der Waals surface area contributed by atoms with Crippen LogP contribution in [0.5, 0.6) is 5.75 Å². The lowest BCUT2D eigenvalue weighted by Crippen LogP contribution is -2.52. The van der Waals surface area contributed by atoms with E-state index < -0.39 is 12.1 Å². The summed E-state index contributed by atoms with van der Waals surface area (Å²) in [5.41, 5.74) is 2.04. The molecule has 0 bridgehead atoms. The Morgan fingerprint density at radius 1 is 0.976 bits per heavy atom. The molecule has 0 radical (unpaired) electrons. The summed E-state index contributed by atoms with van der Waals surface area (Å²) in [6, 6.07) is 21.5. The highest BCUT2D eigenvalue weighted by Crippen LogP contribution is 2.29. The smallest absolute Gasteiger partial charge is 0.264 e. The average Bonchev–Trinajstić information content (AvgIpc) is 3.78. The van der Waals surface area contributed by atoms with E-state index in [0.717, 1.165) is 55.7 Å². The van der Waals surface area contributed by atoms with E-state index in [0.29, 0.717) is 24.6 Å². The van der Waals surface area contributed by atoms with Crippen LogP contribution in [0.1, 0.15) is 19.0 Å². The van der Waals surface area contributed by atoms with Crippen molar-refractivity contribution in [2.24, 2.45) is 0 Å². The quantitative estimate of drug-likeness (QED) is 0.429. The second-order valence-corrected chi connectivity index (χ2v) is 12.1. The minimum atomic E-state index is -0.669. The second kappa shape index (κ2) is 12.2. The maximum atomic E-state index is 13.7. The first-order valence-electron chi connectivity index (χ1n) is 14.5. The van der Waals surface area contributed by atoms with Gasteiger partial charge in [0.25, 0.3) is 5.91 Å². The molecular formula is C31H38N6O3S. The van der Waals surface area contributed by atoms with Crippen LogP contribution >= 0.6 is 11.8 Å². The van der Waals surface area contributed by atoms with Crippen LogP contribution in [0.25, 0.3) is 5.69 Å². The first-order valence-corrected chi connectivity index (χ1v) is 15.6. The second-order valence-electron chi connectivity index (χ2n) is 11.0. The molecule has 2 aromatic carbocycles. The van der Waals surface area contributed by atoms with E-state index in [1.807, 2.05) is 65.0 Å². The SMILES string of the molecule is Cc1cc(N2CCN([C@H]3C[C@@H](C(=O)N4CCSC4)N(C(=O)[C@@H](C)Oc4ccccc4)C3)CC2)n(-c2ccccc2)n1. The number of nitrogens with zero attached hydrogens (tertiary/aromatic N) is 6. The third-order valence-electron chi connectivity index (χ3n) is 8.28. The topological polar surface area (TPSA) is 74.2 Å². The number of rotatable bonds is 7. The Morgan fingerprint density at radius 3 is 2.37 bits per heavy atom. The lowest BCUT2D eigenvalue weighted by molar-refractivity contribution is -0.146. The third kappa shape index (κ3) is 5.94. The van der Waals surface area contributed by atoms with Crippen molar-refractivity contribution in [3.8, 4) is 11.4 Å². The highest BCUT2D eigenvalue weighted by Gasteiger charge is 2.45. The summed E-state index contributed by atoms with van der Waals surface area (Å²) in [7, 11) is 0. The van der Waals surface area contributed by atoms with Crippen LogP contribution in [0.4, 0.5) is 5.82 Å². The average molecular weight is 575 g/mol. The Bertz CT molecular complexity index is 1340. The van der Waals surface area contributed by atoms with Gasteiger partial charge in [-0.1, -0.05) is 36.4 Å². The summed E-state index contributed by atoms with van der Waals surface area (Å²) < 4.78 is 8.01. The van der Waals surface area contributed by atoms with Gasteiger partial charge in [-0.2, -0.15) is 5.10 Å². The van der Waals surface area contributed by atoms with Crippen molar-refractivity contribution >= 4 is 29.4 Å². The molecule has 3 saturated heterocycles. The Labute approximate surface area is 246 Å². The van der Waals surface area contributed by atoms with Gasteiger partial charge in [-0.15, -0.1) is 11.8 Å². The fourth-order valence-corrected chi connectivity index (χ4v) is 7.08.